The van der Waals surface area contributed by atoms with Crippen LogP contribution in [0.15, 0.2) is 33.6 Å². The van der Waals surface area contributed by atoms with Gasteiger partial charge in [-0.25, -0.2) is 8.42 Å². The molecule has 1 aliphatic rings. The molecule has 1 fully saturated rings. The van der Waals surface area contributed by atoms with Crippen molar-refractivity contribution in [3.63, 3.8) is 0 Å². The van der Waals surface area contributed by atoms with Gasteiger partial charge in [-0.1, -0.05) is 28.8 Å². The Hall–Kier alpha value is -0.900. The maximum atomic E-state index is 12.2. The van der Waals surface area contributed by atoms with Crippen molar-refractivity contribution in [2.75, 3.05) is 0 Å². The number of benzene rings is 1. The van der Waals surface area contributed by atoms with Gasteiger partial charge in [0.15, 0.2) is 0 Å². The molecule has 1 aromatic rings. The Labute approximate surface area is 115 Å². The number of rotatable bonds is 3. The fraction of sp³-hybridized carbons (Fsp3) is 0.417. The summed E-state index contributed by atoms with van der Waals surface area (Å²) in [6.07, 6.45) is 2.94. The highest BCUT2D eigenvalue weighted by Gasteiger charge is 2.38. The van der Waals surface area contributed by atoms with Crippen molar-refractivity contribution in [3.8, 4) is 6.07 Å². The molecular formula is C12H13BrN2O2S. The molecule has 2 rings (SSSR count). The summed E-state index contributed by atoms with van der Waals surface area (Å²) >= 11 is 3.26. The third-order valence-electron chi connectivity index (χ3n) is 3.12. The molecular weight excluding hydrogens is 316 g/mol. The highest BCUT2D eigenvalue weighted by atomic mass is 79.9. The normalized spacial score (nSPS) is 18.4. The second kappa shape index (κ2) is 5.00. The van der Waals surface area contributed by atoms with Gasteiger partial charge in [0, 0.05) is 4.47 Å². The lowest BCUT2D eigenvalue weighted by Crippen LogP contribution is -2.44. The number of hydrogen-bond donors (Lipinski definition) is 1. The maximum absolute atomic E-state index is 12.2. The van der Waals surface area contributed by atoms with Crippen molar-refractivity contribution in [1.29, 1.82) is 5.26 Å². The van der Waals surface area contributed by atoms with Gasteiger partial charge < -0.3 is 0 Å². The van der Waals surface area contributed by atoms with Gasteiger partial charge in [-0.2, -0.15) is 9.98 Å². The van der Waals surface area contributed by atoms with Crippen molar-refractivity contribution in [3.05, 3.63) is 28.7 Å². The van der Waals surface area contributed by atoms with Crippen LogP contribution in [0.5, 0.6) is 0 Å². The third-order valence-corrected chi connectivity index (χ3v) is 5.21. The Bertz CT molecular complexity index is 569. The topological polar surface area (TPSA) is 70.0 Å². The summed E-state index contributed by atoms with van der Waals surface area (Å²) in [6, 6.07) is 8.49. The molecule has 0 bridgehead atoms. The first kappa shape index (κ1) is 13.5. The fourth-order valence-electron chi connectivity index (χ4n) is 2.15. The van der Waals surface area contributed by atoms with E-state index in [4.69, 9.17) is 0 Å². The van der Waals surface area contributed by atoms with Crippen LogP contribution in [-0.4, -0.2) is 14.0 Å². The summed E-state index contributed by atoms with van der Waals surface area (Å²) in [5.74, 6) is 0. The Balaban J connectivity index is 2.27. The zero-order chi connectivity index (χ0) is 13.2. The molecule has 0 unspecified atom stereocenters. The SMILES string of the molecule is N#CC1(NS(=O)(=O)c2ccc(Br)cc2)CCCC1. The molecule has 0 radical (unpaired) electrons. The minimum atomic E-state index is -3.62. The van der Waals surface area contributed by atoms with Gasteiger partial charge in [0.25, 0.3) is 0 Å². The molecule has 0 atom stereocenters. The maximum Gasteiger partial charge on any atom is 0.241 e. The zero-order valence-corrected chi connectivity index (χ0v) is 12.1. The van der Waals surface area contributed by atoms with E-state index in [1.165, 1.54) is 12.1 Å². The van der Waals surface area contributed by atoms with Crippen molar-refractivity contribution >= 4 is 26.0 Å². The van der Waals surface area contributed by atoms with Crippen LogP contribution in [0.2, 0.25) is 0 Å². The molecule has 0 spiro atoms. The van der Waals surface area contributed by atoms with Crippen molar-refractivity contribution in [1.82, 2.24) is 4.72 Å². The Morgan fingerprint density at radius 1 is 1.22 bits per heavy atom. The molecule has 4 nitrogen and oxygen atoms in total. The number of nitrogens with zero attached hydrogens (tertiary/aromatic N) is 1. The highest BCUT2D eigenvalue weighted by molar-refractivity contribution is 9.10. The molecule has 1 aliphatic carbocycles. The van der Waals surface area contributed by atoms with E-state index in [0.29, 0.717) is 12.8 Å². The van der Waals surface area contributed by atoms with Gasteiger partial charge in [0.05, 0.1) is 11.0 Å². The quantitative estimate of drug-likeness (QED) is 0.926. The van der Waals surface area contributed by atoms with Crippen LogP contribution in [0.1, 0.15) is 25.7 Å². The number of nitriles is 1. The van der Waals surface area contributed by atoms with E-state index in [1.54, 1.807) is 12.1 Å². The van der Waals surface area contributed by atoms with Crippen molar-refractivity contribution < 1.29 is 8.42 Å². The lowest BCUT2D eigenvalue weighted by atomic mass is 10.0. The molecule has 0 saturated heterocycles. The summed E-state index contributed by atoms with van der Waals surface area (Å²) in [7, 11) is -3.62. The first-order chi connectivity index (χ1) is 8.47. The van der Waals surface area contributed by atoms with E-state index in [-0.39, 0.29) is 4.90 Å². The van der Waals surface area contributed by atoms with E-state index in [2.05, 4.69) is 26.7 Å². The molecule has 0 amide bonds. The molecule has 0 aromatic heterocycles. The number of nitrogens with one attached hydrogen (secondary N) is 1. The van der Waals surface area contributed by atoms with Crippen molar-refractivity contribution in [2.24, 2.45) is 0 Å². The largest absolute Gasteiger partial charge is 0.241 e. The number of halogens is 1. The fourth-order valence-corrected chi connectivity index (χ4v) is 3.79. The van der Waals surface area contributed by atoms with Crippen LogP contribution < -0.4 is 4.72 Å². The predicted octanol–water partition coefficient (Wildman–Crippen LogP) is 2.56. The van der Waals surface area contributed by atoms with E-state index >= 15 is 0 Å². The average Bonchev–Trinajstić information content (AvgIpc) is 2.78. The molecule has 0 heterocycles. The van der Waals surface area contributed by atoms with E-state index in [0.717, 1.165) is 17.3 Å². The Morgan fingerprint density at radius 2 is 1.78 bits per heavy atom. The summed E-state index contributed by atoms with van der Waals surface area (Å²) < 4.78 is 27.7. The molecule has 6 heteroatoms. The van der Waals surface area contributed by atoms with Gasteiger partial charge in [-0.15, -0.1) is 0 Å². The first-order valence-corrected chi connectivity index (χ1v) is 7.96. The smallest absolute Gasteiger partial charge is 0.207 e. The van der Waals surface area contributed by atoms with Gasteiger partial charge >= 0.3 is 0 Å². The summed E-state index contributed by atoms with van der Waals surface area (Å²) in [4.78, 5) is 0.187. The lowest BCUT2D eigenvalue weighted by molar-refractivity contribution is 0.485. The van der Waals surface area contributed by atoms with Gasteiger partial charge in [-0.05, 0) is 37.1 Å². The van der Waals surface area contributed by atoms with Crippen LogP contribution in [0.3, 0.4) is 0 Å². The molecule has 18 heavy (non-hydrogen) atoms. The van der Waals surface area contributed by atoms with E-state index in [1.807, 2.05) is 0 Å². The van der Waals surface area contributed by atoms with Crippen LogP contribution in [0, 0.1) is 11.3 Å². The predicted molar refractivity (Wildman–Crippen MR) is 71.3 cm³/mol. The monoisotopic (exact) mass is 328 g/mol. The molecule has 1 N–H and O–H groups in total. The first-order valence-electron chi connectivity index (χ1n) is 5.68. The third kappa shape index (κ3) is 2.74. The van der Waals surface area contributed by atoms with Crippen LogP contribution >= 0.6 is 15.9 Å². The van der Waals surface area contributed by atoms with Crippen LogP contribution in [0.25, 0.3) is 0 Å². The van der Waals surface area contributed by atoms with Gasteiger partial charge in [-0.3, -0.25) is 0 Å². The summed E-state index contributed by atoms with van der Waals surface area (Å²) in [6.45, 7) is 0. The summed E-state index contributed by atoms with van der Waals surface area (Å²) in [5.41, 5.74) is -0.925. The molecule has 0 aliphatic heterocycles. The van der Waals surface area contributed by atoms with Crippen molar-refractivity contribution in [2.45, 2.75) is 36.1 Å². The lowest BCUT2D eigenvalue weighted by Gasteiger charge is -2.21. The second-order valence-corrected chi connectivity index (χ2v) is 7.06. The average molecular weight is 329 g/mol. The minimum absolute atomic E-state index is 0.187. The summed E-state index contributed by atoms with van der Waals surface area (Å²) in [5, 5.41) is 9.19. The Kier molecular flexibility index (Phi) is 3.76. The van der Waals surface area contributed by atoms with Crippen LogP contribution in [-0.2, 0) is 10.0 Å². The standard InChI is InChI=1S/C12H13BrN2O2S/c13-10-3-5-11(6-4-10)18(16,17)15-12(9-14)7-1-2-8-12/h3-6,15H,1-2,7-8H2. The van der Waals surface area contributed by atoms with E-state index in [9.17, 15) is 13.7 Å². The molecule has 1 aromatic carbocycles. The van der Waals surface area contributed by atoms with E-state index < -0.39 is 15.6 Å². The second-order valence-electron chi connectivity index (χ2n) is 4.46. The zero-order valence-electron chi connectivity index (χ0n) is 9.69. The van der Waals surface area contributed by atoms with Crippen LogP contribution in [0.4, 0.5) is 0 Å². The molecule has 96 valence electrons. The molecule has 1 saturated carbocycles. The number of hydrogen-bond acceptors (Lipinski definition) is 3. The Morgan fingerprint density at radius 3 is 2.28 bits per heavy atom. The van der Waals surface area contributed by atoms with Gasteiger partial charge in [0.1, 0.15) is 5.54 Å². The number of sulfonamides is 1. The highest BCUT2D eigenvalue weighted by Crippen LogP contribution is 2.30. The minimum Gasteiger partial charge on any atom is -0.207 e. The van der Waals surface area contributed by atoms with Gasteiger partial charge in [0.2, 0.25) is 10.0 Å².